The van der Waals surface area contributed by atoms with E-state index in [1.54, 1.807) is 10.7 Å². The highest BCUT2D eigenvalue weighted by atomic mass is 16.4. The van der Waals surface area contributed by atoms with Crippen LogP contribution in [0.2, 0.25) is 0 Å². The van der Waals surface area contributed by atoms with Gasteiger partial charge >= 0.3 is 5.97 Å². The van der Waals surface area contributed by atoms with E-state index in [9.17, 15) is 14.7 Å². The van der Waals surface area contributed by atoms with Crippen LogP contribution in [0.4, 0.5) is 5.82 Å². The van der Waals surface area contributed by atoms with E-state index in [0.717, 1.165) is 23.0 Å². The van der Waals surface area contributed by atoms with E-state index >= 15 is 0 Å². The summed E-state index contributed by atoms with van der Waals surface area (Å²) in [5.41, 5.74) is 3.00. The lowest BCUT2D eigenvalue weighted by Crippen LogP contribution is -2.19. The molecule has 2 aromatic heterocycles. The number of aromatic carboxylic acids is 1. The second kappa shape index (κ2) is 6.83. The maximum atomic E-state index is 12.5. The van der Waals surface area contributed by atoms with E-state index in [2.05, 4.69) is 15.5 Å². The van der Waals surface area contributed by atoms with Crippen molar-refractivity contribution in [2.24, 2.45) is 7.05 Å². The van der Waals surface area contributed by atoms with Gasteiger partial charge < -0.3 is 10.4 Å². The smallest absolute Gasteiger partial charge is 0.339 e. The standard InChI is InChI=1S/C18H19N5O3/c1-11-6-4-5-7-13(11)10-23-12(2)8-15(21-23)20-17(24)16-14(18(25)26)9-19-22(16)3/h4-9H,10H2,1-3H3,(H,25,26)(H,20,21,24). The Labute approximate surface area is 150 Å². The number of aryl methyl sites for hydroxylation is 3. The van der Waals surface area contributed by atoms with Gasteiger partial charge in [0.15, 0.2) is 5.82 Å². The summed E-state index contributed by atoms with van der Waals surface area (Å²) in [7, 11) is 1.52. The van der Waals surface area contributed by atoms with Crippen LogP contribution >= 0.6 is 0 Å². The number of carbonyl (C=O) groups excluding carboxylic acids is 1. The Hall–Kier alpha value is -3.42. The van der Waals surface area contributed by atoms with Gasteiger partial charge in [0, 0.05) is 18.8 Å². The summed E-state index contributed by atoms with van der Waals surface area (Å²) >= 11 is 0. The van der Waals surface area contributed by atoms with E-state index < -0.39 is 11.9 Å². The van der Waals surface area contributed by atoms with Crippen molar-refractivity contribution < 1.29 is 14.7 Å². The zero-order chi connectivity index (χ0) is 18.8. The van der Waals surface area contributed by atoms with Crippen molar-refractivity contribution >= 4 is 17.7 Å². The fraction of sp³-hybridized carbons (Fsp3) is 0.222. The van der Waals surface area contributed by atoms with Crippen molar-refractivity contribution in [1.82, 2.24) is 19.6 Å². The fourth-order valence-corrected chi connectivity index (χ4v) is 2.72. The number of nitrogens with zero attached hydrogens (tertiary/aromatic N) is 4. The van der Waals surface area contributed by atoms with Gasteiger partial charge in [-0.3, -0.25) is 14.2 Å². The number of benzene rings is 1. The van der Waals surface area contributed by atoms with Crippen LogP contribution in [0, 0.1) is 13.8 Å². The van der Waals surface area contributed by atoms with Gasteiger partial charge in [-0.05, 0) is 25.0 Å². The molecule has 8 heteroatoms. The van der Waals surface area contributed by atoms with E-state index in [-0.39, 0.29) is 11.3 Å². The minimum absolute atomic E-state index is 0.0244. The van der Waals surface area contributed by atoms with Gasteiger partial charge in [0.2, 0.25) is 0 Å². The molecule has 2 N–H and O–H groups in total. The lowest BCUT2D eigenvalue weighted by Gasteiger charge is -2.07. The van der Waals surface area contributed by atoms with Crippen LogP contribution < -0.4 is 5.32 Å². The zero-order valence-corrected chi connectivity index (χ0v) is 14.7. The van der Waals surface area contributed by atoms with Crippen LogP contribution in [0.5, 0.6) is 0 Å². The lowest BCUT2D eigenvalue weighted by molar-refractivity contribution is 0.0692. The average molecular weight is 353 g/mol. The molecule has 2 heterocycles. The highest BCUT2D eigenvalue weighted by Crippen LogP contribution is 2.16. The molecule has 0 atom stereocenters. The zero-order valence-electron chi connectivity index (χ0n) is 14.7. The Morgan fingerprint density at radius 3 is 2.65 bits per heavy atom. The molecule has 134 valence electrons. The molecule has 0 aliphatic carbocycles. The molecule has 0 fully saturated rings. The molecule has 1 aromatic carbocycles. The molecule has 0 aliphatic rings. The minimum atomic E-state index is -1.20. The second-order valence-electron chi connectivity index (χ2n) is 6.04. The molecule has 0 unspecified atom stereocenters. The van der Waals surface area contributed by atoms with Gasteiger partial charge in [-0.25, -0.2) is 4.79 Å². The molecule has 26 heavy (non-hydrogen) atoms. The first-order valence-corrected chi connectivity index (χ1v) is 8.02. The SMILES string of the molecule is Cc1ccccc1Cn1nc(NC(=O)c2c(C(=O)O)cnn2C)cc1C. The molecule has 3 rings (SSSR count). The Bertz CT molecular complexity index is 987. The summed E-state index contributed by atoms with van der Waals surface area (Å²) in [6.45, 7) is 4.51. The number of nitrogens with one attached hydrogen (secondary N) is 1. The molecule has 8 nitrogen and oxygen atoms in total. The summed E-state index contributed by atoms with van der Waals surface area (Å²) in [4.78, 5) is 23.7. The second-order valence-corrected chi connectivity index (χ2v) is 6.04. The molecule has 0 saturated heterocycles. The van der Waals surface area contributed by atoms with Gasteiger partial charge in [0.05, 0.1) is 12.7 Å². The number of hydrogen-bond donors (Lipinski definition) is 2. The summed E-state index contributed by atoms with van der Waals surface area (Å²) in [6, 6.07) is 9.76. The predicted molar refractivity (Wildman–Crippen MR) is 95.4 cm³/mol. The van der Waals surface area contributed by atoms with Crippen LogP contribution in [-0.2, 0) is 13.6 Å². The van der Waals surface area contributed by atoms with Crippen molar-refractivity contribution in [2.45, 2.75) is 20.4 Å². The summed E-state index contributed by atoms with van der Waals surface area (Å²) < 4.78 is 3.02. The summed E-state index contributed by atoms with van der Waals surface area (Å²) in [6.07, 6.45) is 1.15. The highest BCUT2D eigenvalue weighted by molar-refractivity contribution is 6.09. The fourth-order valence-electron chi connectivity index (χ4n) is 2.72. The normalized spacial score (nSPS) is 10.7. The van der Waals surface area contributed by atoms with E-state index in [1.165, 1.54) is 11.7 Å². The van der Waals surface area contributed by atoms with Crippen molar-refractivity contribution in [1.29, 1.82) is 0 Å². The largest absolute Gasteiger partial charge is 0.478 e. The number of anilines is 1. The quantitative estimate of drug-likeness (QED) is 0.732. The molecular weight excluding hydrogens is 334 g/mol. The number of carbonyl (C=O) groups is 2. The Kier molecular flexibility index (Phi) is 4.57. The van der Waals surface area contributed by atoms with Gasteiger partial charge in [-0.15, -0.1) is 0 Å². The maximum Gasteiger partial charge on any atom is 0.339 e. The van der Waals surface area contributed by atoms with Crippen LogP contribution in [0.15, 0.2) is 36.5 Å². The molecular formula is C18H19N5O3. The molecule has 0 aliphatic heterocycles. The van der Waals surface area contributed by atoms with Gasteiger partial charge in [-0.2, -0.15) is 10.2 Å². The Morgan fingerprint density at radius 2 is 1.96 bits per heavy atom. The Morgan fingerprint density at radius 1 is 1.23 bits per heavy atom. The molecule has 0 bridgehead atoms. The number of amides is 1. The third kappa shape index (κ3) is 3.34. The summed E-state index contributed by atoms with van der Waals surface area (Å²) in [5.74, 6) is -1.41. The Balaban J connectivity index is 1.82. The third-order valence-corrected chi connectivity index (χ3v) is 4.19. The van der Waals surface area contributed by atoms with Gasteiger partial charge in [0.25, 0.3) is 5.91 Å². The first-order valence-electron chi connectivity index (χ1n) is 8.02. The summed E-state index contributed by atoms with van der Waals surface area (Å²) in [5, 5.41) is 20.1. The number of carboxylic acid groups (broad SMARTS) is 1. The molecule has 1 amide bonds. The lowest BCUT2D eigenvalue weighted by atomic mass is 10.1. The number of hydrogen-bond acceptors (Lipinski definition) is 4. The molecule has 0 saturated carbocycles. The van der Waals surface area contributed by atoms with Crippen molar-refractivity contribution in [3.8, 4) is 0 Å². The average Bonchev–Trinajstić information content (AvgIpc) is 3.12. The van der Waals surface area contributed by atoms with Crippen LogP contribution in [0.3, 0.4) is 0 Å². The maximum absolute atomic E-state index is 12.5. The first-order chi connectivity index (χ1) is 12.4. The number of carboxylic acids is 1. The van der Waals surface area contributed by atoms with Crippen molar-refractivity contribution in [3.63, 3.8) is 0 Å². The van der Waals surface area contributed by atoms with Gasteiger partial charge in [-0.1, -0.05) is 24.3 Å². The monoisotopic (exact) mass is 353 g/mol. The van der Waals surface area contributed by atoms with E-state index in [0.29, 0.717) is 12.4 Å². The molecule has 3 aromatic rings. The van der Waals surface area contributed by atoms with Crippen LogP contribution in [0.1, 0.15) is 37.7 Å². The minimum Gasteiger partial charge on any atom is -0.478 e. The van der Waals surface area contributed by atoms with Crippen LogP contribution in [-0.4, -0.2) is 36.5 Å². The van der Waals surface area contributed by atoms with Crippen molar-refractivity contribution in [2.75, 3.05) is 5.32 Å². The molecule has 0 spiro atoms. The van der Waals surface area contributed by atoms with E-state index in [4.69, 9.17) is 0 Å². The topological polar surface area (TPSA) is 102 Å². The first kappa shape index (κ1) is 17.4. The van der Waals surface area contributed by atoms with E-state index in [1.807, 2.05) is 38.1 Å². The third-order valence-electron chi connectivity index (χ3n) is 4.19. The molecule has 0 radical (unpaired) electrons. The predicted octanol–water partition coefficient (Wildman–Crippen LogP) is 2.23. The number of aromatic nitrogens is 4. The van der Waals surface area contributed by atoms with Gasteiger partial charge in [0.1, 0.15) is 11.3 Å². The van der Waals surface area contributed by atoms with Crippen molar-refractivity contribution in [3.05, 3.63) is 64.6 Å². The highest BCUT2D eigenvalue weighted by Gasteiger charge is 2.22. The van der Waals surface area contributed by atoms with Crippen LogP contribution in [0.25, 0.3) is 0 Å². The number of rotatable bonds is 5.